The van der Waals surface area contributed by atoms with Gasteiger partial charge in [-0.05, 0) is 30.4 Å². The quantitative estimate of drug-likeness (QED) is 0.469. The molecule has 0 aliphatic carbocycles. The number of hydrogen-bond acceptors (Lipinski definition) is 8. The number of nitrogens with one attached hydrogen (secondary N) is 2. The van der Waals surface area contributed by atoms with Crippen LogP contribution in [-0.2, 0) is 4.79 Å². The van der Waals surface area contributed by atoms with Crippen LogP contribution in [0.3, 0.4) is 0 Å². The van der Waals surface area contributed by atoms with E-state index in [9.17, 15) is 14.9 Å². The van der Waals surface area contributed by atoms with Gasteiger partial charge in [0, 0.05) is 30.8 Å². The maximum absolute atomic E-state index is 13.5. The first-order valence-electron chi connectivity index (χ1n) is 12.7. The van der Waals surface area contributed by atoms with Gasteiger partial charge in [-0.15, -0.1) is 0 Å². The van der Waals surface area contributed by atoms with Gasteiger partial charge in [-0.3, -0.25) is 9.59 Å². The van der Waals surface area contributed by atoms with E-state index in [1.54, 1.807) is 29.4 Å². The van der Waals surface area contributed by atoms with Gasteiger partial charge in [-0.25, -0.2) is 9.97 Å². The van der Waals surface area contributed by atoms with Crippen LogP contribution in [-0.4, -0.2) is 72.1 Å². The second kappa shape index (κ2) is 11.2. The third-order valence-electron chi connectivity index (χ3n) is 6.96. The lowest BCUT2D eigenvalue weighted by Gasteiger charge is -2.37. The van der Waals surface area contributed by atoms with Gasteiger partial charge >= 0.3 is 0 Å². The summed E-state index contributed by atoms with van der Waals surface area (Å²) in [6, 6.07) is 5.03. The average Bonchev–Trinajstić information content (AvgIpc) is 3.37. The summed E-state index contributed by atoms with van der Waals surface area (Å²) in [7, 11) is 4.59. The molecule has 1 aromatic carbocycles. The number of aromatic amines is 1. The Morgan fingerprint density at radius 1 is 1.13 bits per heavy atom. The molecule has 0 bridgehead atoms. The smallest absolute Gasteiger partial charge is 0.255 e. The second-order valence-electron chi connectivity index (χ2n) is 10.6. The van der Waals surface area contributed by atoms with E-state index in [2.05, 4.69) is 21.4 Å². The second-order valence-corrected chi connectivity index (χ2v) is 10.6. The lowest BCUT2D eigenvalue weighted by atomic mass is 9.85. The van der Waals surface area contributed by atoms with Crippen molar-refractivity contribution < 1.29 is 23.8 Å². The molecule has 1 saturated heterocycles. The van der Waals surface area contributed by atoms with Crippen molar-refractivity contribution in [3.63, 3.8) is 0 Å². The lowest BCUT2D eigenvalue weighted by molar-refractivity contribution is -0.137. The molecule has 0 radical (unpaired) electrons. The van der Waals surface area contributed by atoms with Gasteiger partial charge in [-0.1, -0.05) is 20.8 Å². The molecule has 1 atom stereocenters. The molecule has 2 amide bonds. The Kier molecular flexibility index (Phi) is 7.95. The van der Waals surface area contributed by atoms with Crippen LogP contribution in [0, 0.1) is 22.7 Å². The molecule has 11 heteroatoms. The highest BCUT2D eigenvalue weighted by Gasteiger charge is 2.37. The van der Waals surface area contributed by atoms with E-state index in [1.807, 2.05) is 20.8 Å². The van der Waals surface area contributed by atoms with Crippen LogP contribution in [0.5, 0.6) is 17.2 Å². The normalized spacial score (nSPS) is 14.9. The summed E-state index contributed by atoms with van der Waals surface area (Å²) in [5, 5.41) is 12.1. The standard InChI is InChI=1S/C28H34N6O5/c1-28(2,3)24(27(36)34-9-7-16(13-29)8-10-34)33-26(35)18-14-30-25-22(18)32-19(15-31-25)17-11-20(37-4)23(39-6)21(12-17)38-5/h11-12,14-16,24H,7-10H2,1-6H3,(H,30,31)(H,33,35)/t24-/m0/s1. The Balaban J connectivity index is 1.64. The molecule has 0 unspecified atom stereocenters. The number of carbonyl (C=O) groups is 2. The SMILES string of the molecule is COc1cc(-c2cnc3[nH]cc(C(=O)N[C@@H](C(=O)N4CCC(C#N)CC4)C(C)(C)C)c3n2)cc(OC)c1OC. The van der Waals surface area contributed by atoms with Crippen molar-refractivity contribution in [3.05, 3.63) is 30.1 Å². The fourth-order valence-electron chi connectivity index (χ4n) is 4.70. The molecule has 3 aromatic rings. The number of methoxy groups -OCH3 is 3. The van der Waals surface area contributed by atoms with E-state index in [0.717, 1.165) is 0 Å². The number of ether oxygens (including phenoxy) is 3. The molecule has 2 aromatic heterocycles. The zero-order chi connectivity index (χ0) is 28.3. The molecular formula is C28H34N6O5. The van der Waals surface area contributed by atoms with Gasteiger partial charge in [-0.2, -0.15) is 5.26 Å². The van der Waals surface area contributed by atoms with Crippen LogP contribution < -0.4 is 19.5 Å². The summed E-state index contributed by atoms with van der Waals surface area (Å²) in [6.07, 6.45) is 4.40. The predicted octanol–water partition coefficient (Wildman–Crippen LogP) is 3.56. The van der Waals surface area contributed by atoms with Gasteiger partial charge in [0.15, 0.2) is 17.1 Å². The number of rotatable bonds is 7. The van der Waals surface area contributed by atoms with Gasteiger partial charge in [0.2, 0.25) is 11.7 Å². The van der Waals surface area contributed by atoms with Crippen molar-refractivity contribution in [1.29, 1.82) is 5.26 Å². The number of likely N-dealkylation sites (tertiary alicyclic amines) is 1. The first-order valence-corrected chi connectivity index (χ1v) is 12.7. The molecule has 11 nitrogen and oxygen atoms in total. The molecule has 0 spiro atoms. The molecule has 2 N–H and O–H groups in total. The van der Waals surface area contributed by atoms with Crippen LogP contribution in [0.15, 0.2) is 24.5 Å². The van der Waals surface area contributed by atoms with Gasteiger partial charge in [0.1, 0.15) is 11.6 Å². The van der Waals surface area contributed by atoms with Crippen molar-refractivity contribution in [3.8, 4) is 34.6 Å². The highest BCUT2D eigenvalue weighted by Crippen LogP contribution is 2.41. The van der Waals surface area contributed by atoms with Gasteiger partial charge < -0.3 is 29.4 Å². The Bertz CT molecular complexity index is 1390. The minimum Gasteiger partial charge on any atom is -0.493 e. The maximum atomic E-state index is 13.5. The zero-order valence-electron chi connectivity index (χ0n) is 23.1. The van der Waals surface area contributed by atoms with E-state index >= 15 is 0 Å². The van der Waals surface area contributed by atoms with E-state index in [0.29, 0.717) is 65.6 Å². The third-order valence-corrected chi connectivity index (χ3v) is 6.96. The monoisotopic (exact) mass is 534 g/mol. The third kappa shape index (κ3) is 5.60. The number of carbonyl (C=O) groups excluding carboxylic acids is 2. The van der Waals surface area contributed by atoms with Crippen molar-refractivity contribution in [2.45, 2.75) is 39.7 Å². The summed E-state index contributed by atoms with van der Waals surface area (Å²) >= 11 is 0. The largest absolute Gasteiger partial charge is 0.493 e. The predicted molar refractivity (Wildman–Crippen MR) is 145 cm³/mol. The lowest BCUT2D eigenvalue weighted by Crippen LogP contribution is -2.56. The van der Waals surface area contributed by atoms with Gasteiger partial charge in [0.05, 0.1) is 44.9 Å². The molecule has 206 valence electrons. The first kappa shape index (κ1) is 27.7. The Morgan fingerprint density at radius 3 is 2.31 bits per heavy atom. The van der Waals surface area contributed by atoms with E-state index in [-0.39, 0.29) is 17.4 Å². The molecule has 3 heterocycles. The molecule has 0 saturated carbocycles. The summed E-state index contributed by atoms with van der Waals surface area (Å²) in [6.45, 7) is 6.73. The fourth-order valence-corrected chi connectivity index (χ4v) is 4.70. The summed E-state index contributed by atoms with van der Waals surface area (Å²) < 4.78 is 16.3. The Hall–Kier alpha value is -4.33. The highest BCUT2D eigenvalue weighted by atomic mass is 16.5. The number of aromatic nitrogens is 3. The minimum absolute atomic E-state index is 0.0404. The maximum Gasteiger partial charge on any atom is 0.255 e. The van der Waals surface area contributed by atoms with E-state index in [4.69, 9.17) is 19.2 Å². The molecule has 4 rings (SSSR count). The van der Waals surface area contributed by atoms with Crippen LogP contribution >= 0.6 is 0 Å². The molecular weight excluding hydrogens is 500 g/mol. The van der Waals surface area contributed by atoms with Crippen molar-refractivity contribution >= 4 is 23.0 Å². The van der Waals surface area contributed by atoms with Crippen LogP contribution in [0.1, 0.15) is 44.0 Å². The highest BCUT2D eigenvalue weighted by molar-refractivity contribution is 6.06. The number of amides is 2. The van der Waals surface area contributed by atoms with Crippen LogP contribution in [0.25, 0.3) is 22.4 Å². The molecule has 1 aliphatic rings. The summed E-state index contributed by atoms with van der Waals surface area (Å²) in [5.74, 6) is 0.752. The zero-order valence-corrected chi connectivity index (χ0v) is 23.1. The topological polar surface area (TPSA) is 142 Å². The van der Waals surface area contributed by atoms with E-state index in [1.165, 1.54) is 21.3 Å². The molecule has 1 fully saturated rings. The number of hydrogen-bond donors (Lipinski definition) is 2. The number of benzene rings is 1. The fraction of sp³-hybridized carbons (Fsp3) is 0.464. The summed E-state index contributed by atoms with van der Waals surface area (Å²) in [5.41, 5.74) is 1.70. The van der Waals surface area contributed by atoms with Crippen molar-refractivity contribution in [2.75, 3.05) is 34.4 Å². The Labute approximate surface area is 227 Å². The Morgan fingerprint density at radius 2 is 1.77 bits per heavy atom. The molecule has 39 heavy (non-hydrogen) atoms. The molecule has 1 aliphatic heterocycles. The number of nitrogens with zero attached hydrogens (tertiary/aromatic N) is 4. The minimum atomic E-state index is -0.764. The van der Waals surface area contributed by atoms with Crippen molar-refractivity contribution in [2.24, 2.45) is 11.3 Å². The van der Waals surface area contributed by atoms with Crippen LogP contribution in [0.4, 0.5) is 0 Å². The number of nitriles is 1. The van der Waals surface area contributed by atoms with Gasteiger partial charge in [0.25, 0.3) is 5.91 Å². The first-order chi connectivity index (χ1) is 18.6. The summed E-state index contributed by atoms with van der Waals surface area (Å²) in [4.78, 5) is 40.9. The van der Waals surface area contributed by atoms with Crippen LogP contribution in [0.2, 0.25) is 0 Å². The van der Waals surface area contributed by atoms with Crippen molar-refractivity contribution in [1.82, 2.24) is 25.2 Å². The number of fused-ring (bicyclic) bond motifs is 1. The number of H-pyrrole nitrogens is 1. The number of piperidine rings is 1. The average molecular weight is 535 g/mol. The van der Waals surface area contributed by atoms with E-state index < -0.39 is 17.4 Å².